The van der Waals surface area contributed by atoms with Crippen molar-refractivity contribution in [3.05, 3.63) is 11.9 Å². The smallest absolute Gasteiger partial charge is 0.158 e. The van der Waals surface area contributed by atoms with Crippen LogP contribution in [0.3, 0.4) is 0 Å². The summed E-state index contributed by atoms with van der Waals surface area (Å²) in [6, 6.07) is 2.36. The van der Waals surface area contributed by atoms with E-state index in [2.05, 4.69) is 20.2 Å². The fourth-order valence-corrected chi connectivity index (χ4v) is 2.85. The van der Waals surface area contributed by atoms with E-state index >= 15 is 0 Å². The second-order valence-corrected chi connectivity index (χ2v) is 5.35. The van der Waals surface area contributed by atoms with Crippen LogP contribution in [0.25, 0.3) is 0 Å². The van der Waals surface area contributed by atoms with Gasteiger partial charge in [-0.3, -0.25) is 0 Å². The van der Waals surface area contributed by atoms with Crippen LogP contribution >= 0.6 is 0 Å². The fourth-order valence-electron chi connectivity index (χ4n) is 2.85. The van der Waals surface area contributed by atoms with Crippen molar-refractivity contribution in [3.63, 3.8) is 0 Å². The first-order valence-electron chi connectivity index (χ1n) is 7.76. The molecule has 0 amide bonds. The molecule has 1 fully saturated rings. The summed E-state index contributed by atoms with van der Waals surface area (Å²) in [5.41, 5.74) is 0. The van der Waals surface area contributed by atoms with E-state index < -0.39 is 0 Å². The van der Waals surface area contributed by atoms with Gasteiger partial charge in [0, 0.05) is 38.9 Å². The molecule has 1 atom stereocenters. The van der Waals surface area contributed by atoms with Gasteiger partial charge in [0.05, 0.1) is 0 Å². The van der Waals surface area contributed by atoms with Crippen molar-refractivity contribution in [1.82, 2.24) is 9.97 Å². The van der Waals surface area contributed by atoms with Crippen molar-refractivity contribution in [2.45, 2.75) is 45.3 Å². The van der Waals surface area contributed by atoms with Crippen LogP contribution in [-0.2, 0) is 11.3 Å². The van der Waals surface area contributed by atoms with E-state index in [0.717, 1.165) is 37.6 Å². The molecule has 6 heteroatoms. The van der Waals surface area contributed by atoms with Gasteiger partial charge in [0.25, 0.3) is 0 Å². The lowest BCUT2D eigenvalue weighted by atomic mass is 9.99. The Morgan fingerprint density at radius 1 is 1.43 bits per heavy atom. The number of nitrogens with one attached hydrogen (secondary N) is 1. The maximum atomic E-state index is 9.27. The molecule has 0 aromatic carbocycles. The van der Waals surface area contributed by atoms with Crippen LogP contribution in [0.1, 0.15) is 38.4 Å². The first-order valence-corrected chi connectivity index (χ1v) is 7.76. The van der Waals surface area contributed by atoms with Crippen LogP contribution in [0, 0.1) is 0 Å². The maximum absolute atomic E-state index is 9.27. The zero-order valence-electron chi connectivity index (χ0n) is 13.0. The number of ether oxygens (including phenoxy) is 1. The predicted molar refractivity (Wildman–Crippen MR) is 83.6 cm³/mol. The second-order valence-electron chi connectivity index (χ2n) is 5.35. The number of methoxy groups -OCH3 is 1. The molecular weight excluding hydrogens is 268 g/mol. The number of rotatable bonds is 7. The lowest BCUT2D eigenvalue weighted by molar-refractivity contribution is 0.178. The normalized spacial score (nSPS) is 18.8. The minimum Gasteiger partial charge on any atom is -0.396 e. The Labute approximate surface area is 126 Å². The fraction of sp³-hybridized carbons (Fsp3) is 0.733. The number of hydrogen-bond acceptors (Lipinski definition) is 6. The molecule has 1 aromatic heterocycles. The summed E-state index contributed by atoms with van der Waals surface area (Å²) in [7, 11) is 1.65. The molecule has 118 valence electrons. The topological polar surface area (TPSA) is 70.5 Å². The third-order valence-corrected chi connectivity index (χ3v) is 3.77. The van der Waals surface area contributed by atoms with Gasteiger partial charge in [-0.1, -0.05) is 0 Å². The van der Waals surface area contributed by atoms with Crippen molar-refractivity contribution in [1.29, 1.82) is 0 Å². The van der Waals surface area contributed by atoms with Gasteiger partial charge in [-0.15, -0.1) is 0 Å². The van der Waals surface area contributed by atoms with Crippen molar-refractivity contribution < 1.29 is 9.84 Å². The van der Waals surface area contributed by atoms with E-state index in [1.54, 1.807) is 7.11 Å². The van der Waals surface area contributed by atoms with Crippen LogP contribution < -0.4 is 10.2 Å². The van der Waals surface area contributed by atoms with E-state index in [9.17, 15) is 5.11 Å². The van der Waals surface area contributed by atoms with Gasteiger partial charge in [-0.05, 0) is 32.6 Å². The molecule has 1 aliphatic heterocycles. The van der Waals surface area contributed by atoms with Gasteiger partial charge in [0.1, 0.15) is 18.2 Å². The van der Waals surface area contributed by atoms with E-state index in [0.29, 0.717) is 18.5 Å². The Bertz CT molecular complexity index is 415. The average Bonchev–Trinajstić information content (AvgIpc) is 2.49. The number of anilines is 2. The Hall–Kier alpha value is -1.40. The Balaban J connectivity index is 2.26. The largest absolute Gasteiger partial charge is 0.396 e. The minimum absolute atomic E-state index is 0.219. The third kappa shape index (κ3) is 4.28. The Kier molecular flexibility index (Phi) is 6.20. The Morgan fingerprint density at radius 2 is 2.29 bits per heavy atom. The number of aliphatic hydroxyl groups is 1. The average molecular weight is 294 g/mol. The molecule has 2 heterocycles. The molecule has 0 saturated carbocycles. The summed E-state index contributed by atoms with van der Waals surface area (Å²) in [5.74, 6) is 2.47. The van der Waals surface area contributed by atoms with Crippen LogP contribution in [-0.4, -0.2) is 47.9 Å². The first-order chi connectivity index (χ1) is 10.3. The summed E-state index contributed by atoms with van der Waals surface area (Å²) in [5, 5.41) is 12.5. The number of aliphatic hydroxyl groups excluding tert-OH is 1. The highest BCUT2D eigenvalue weighted by atomic mass is 16.5. The molecule has 2 N–H and O–H groups in total. The minimum atomic E-state index is 0.219. The van der Waals surface area contributed by atoms with Crippen molar-refractivity contribution in [2.24, 2.45) is 0 Å². The molecule has 0 spiro atoms. The quantitative estimate of drug-likeness (QED) is 0.799. The van der Waals surface area contributed by atoms with Crippen LogP contribution in [0.2, 0.25) is 0 Å². The van der Waals surface area contributed by atoms with E-state index in [1.807, 2.05) is 13.0 Å². The van der Waals surface area contributed by atoms with Gasteiger partial charge in [0.15, 0.2) is 5.82 Å². The maximum Gasteiger partial charge on any atom is 0.158 e. The predicted octanol–water partition coefficient (Wildman–Crippen LogP) is 1.80. The summed E-state index contributed by atoms with van der Waals surface area (Å²) >= 11 is 0. The number of piperidine rings is 1. The van der Waals surface area contributed by atoms with Crippen molar-refractivity contribution in [3.8, 4) is 0 Å². The highest BCUT2D eigenvalue weighted by Crippen LogP contribution is 2.26. The molecule has 2 rings (SSSR count). The summed E-state index contributed by atoms with van der Waals surface area (Å²) in [4.78, 5) is 11.4. The molecule has 1 saturated heterocycles. The molecule has 1 aliphatic rings. The SMILES string of the molecule is CCNc1cc(N2CCCCC2CCO)nc(COC)n1. The third-order valence-electron chi connectivity index (χ3n) is 3.77. The zero-order chi connectivity index (χ0) is 15.1. The molecule has 6 nitrogen and oxygen atoms in total. The number of aromatic nitrogens is 2. The molecule has 0 bridgehead atoms. The van der Waals surface area contributed by atoms with Crippen LogP contribution in [0.5, 0.6) is 0 Å². The molecule has 21 heavy (non-hydrogen) atoms. The lowest BCUT2D eigenvalue weighted by Gasteiger charge is -2.36. The Morgan fingerprint density at radius 3 is 3.00 bits per heavy atom. The van der Waals surface area contributed by atoms with E-state index in [4.69, 9.17) is 4.74 Å². The molecular formula is C15H26N4O2. The van der Waals surface area contributed by atoms with E-state index in [1.165, 1.54) is 12.8 Å². The van der Waals surface area contributed by atoms with Crippen molar-refractivity contribution in [2.75, 3.05) is 37.0 Å². The number of nitrogens with zero attached hydrogens (tertiary/aromatic N) is 3. The van der Waals surface area contributed by atoms with Gasteiger partial charge < -0.3 is 20.1 Å². The highest BCUT2D eigenvalue weighted by Gasteiger charge is 2.24. The monoisotopic (exact) mass is 294 g/mol. The molecule has 0 radical (unpaired) electrons. The molecule has 1 aromatic rings. The summed E-state index contributed by atoms with van der Waals surface area (Å²) in [6.45, 7) is 4.48. The van der Waals surface area contributed by atoms with E-state index in [-0.39, 0.29) is 6.61 Å². The standard InChI is InChI=1S/C15H26N4O2/c1-3-16-13-10-15(18-14(17-13)11-21-2)19-8-5-4-6-12(19)7-9-20/h10,12,20H,3-9,11H2,1-2H3,(H,16,17,18). The van der Waals surface area contributed by atoms with Gasteiger partial charge >= 0.3 is 0 Å². The van der Waals surface area contributed by atoms with Crippen molar-refractivity contribution >= 4 is 11.6 Å². The van der Waals surface area contributed by atoms with Crippen LogP contribution in [0.4, 0.5) is 11.6 Å². The molecule has 0 aliphatic carbocycles. The summed E-state index contributed by atoms with van der Waals surface area (Å²) in [6.07, 6.45) is 4.29. The summed E-state index contributed by atoms with van der Waals surface area (Å²) < 4.78 is 5.17. The first kappa shape index (κ1) is 16.0. The van der Waals surface area contributed by atoms with Crippen LogP contribution in [0.15, 0.2) is 6.07 Å². The number of hydrogen-bond donors (Lipinski definition) is 2. The van der Waals surface area contributed by atoms with Gasteiger partial charge in [-0.2, -0.15) is 0 Å². The van der Waals surface area contributed by atoms with Gasteiger partial charge in [-0.25, -0.2) is 9.97 Å². The lowest BCUT2D eigenvalue weighted by Crippen LogP contribution is -2.40. The zero-order valence-corrected chi connectivity index (χ0v) is 13.0. The highest BCUT2D eigenvalue weighted by molar-refractivity contribution is 5.50. The van der Waals surface area contributed by atoms with Gasteiger partial charge in [0.2, 0.25) is 0 Å². The second kappa shape index (κ2) is 8.14. The molecule has 1 unspecified atom stereocenters.